The van der Waals surface area contributed by atoms with Crippen LogP contribution in [0.4, 0.5) is 0 Å². The maximum absolute atomic E-state index is 12.8. The third-order valence-electron chi connectivity index (χ3n) is 4.40. The maximum atomic E-state index is 12.8. The van der Waals surface area contributed by atoms with Crippen molar-refractivity contribution in [2.45, 2.75) is 20.3 Å². The number of hydrogen-bond acceptors (Lipinski definition) is 5. The predicted octanol–water partition coefficient (Wildman–Crippen LogP) is 1.47. The largest absolute Gasteiger partial charge is 0.335 e. The van der Waals surface area contributed by atoms with Crippen molar-refractivity contribution in [2.75, 3.05) is 32.7 Å². The van der Waals surface area contributed by atoms with E-state index in [4.69, 9.17) is 0 Å². The van der Waals surface area contributed by atoms with Crippen LogP contribution in [0.5, 0.6) is 0 Å². The monoisotopic (exact) mass is 334 g/mol. The molecule has 0 bridgehead atoms. The summed E-state index contributed by atoms with van der Waals surface area (Å²) in [4.78, 5) is 35.0. The molecule has 1 aliphatic rings. The lowest BCUT2D eigenvalue weighted by atomic mass is 10.2. The average Bonchev–Trinajstić information content (AvgIpc) is 2.89. The lowest BCUT2D eigenvalue weighted by Gasteiger charge is -2.34. The molecule has 0 saturated carbocycles. The van der Waals surface area contributed by atoms with Crippen LogP contribution in [0.1, 0.15) is 28.6 Å². The van der Waals surface area contributed by atoms with Crippen molar-refractivity contribution in [3.8, 4) is 0 Å². The van der Waals surface area contributed by atoms with Crippen molar-refractivity contribution < 1.29 is 4.79 Å². The van der Waals surface area contributed by atoms with Crippen molar-refractivity contribution in [1.29, 1.82) is 0 Å². The van der Waals surface area contributed by atoms with E-state index >= 15 is 0 Å². The van der Waals surface area contributed by atoms with Crippen LogP contribution in [0.2, 0.25) is 0 Å². The van der Waals surface area contributed by atoms with E-state index in [1.165, 1.54) is 22.2 Å². The summed E-state index contributed by atoms with van der Waals surface area (Å²) < 4.78 is 1.46. The summed E-state index contributed by atoms with van der Waals surface area (Å²) in [6.45, 7) is 8.45. The minimum Gasteiger partial charge on any atom is -0.335 e. The van der Waals surface area contributed by atoms with E-state index in [1.54, 1.807) is 7.05 Å². The lowest BCUT2D eigenvalue weighted by Crippen LogP contribution is -2.48. The molecule has 0 aliphatic carbocycles. The topological polar surface area (TPSA) is 58.4 Å². The second-order valence-corrected chi connectivity index (χ2v) is 7.03. The molecule has 6 nitrogen and oxygen atoms in total. The molecule has 1 saturated heterocycles. The summed E-state index contributed by atoms with van der Waals surface area (Å²) in [7, 11) is 1.68. The fraction of sp³-hybridized carbons (Fsp3) is 0.562. The minimum absolute atomic E-state index is 0.0312. The molecule has 0 N–H and O–H groups in total. The van der Waals surface area contributed by atoms with Crippen LogP contribution >= 0.6 is 11.3 Å². The third kappa shape index (κ3) is 2.90. The third-order valence-corrected chi connectivity index (χ3v) is 5.59. The molecule has 0 spiro atoms. The van der Waals surface area contributed by atoms with Gasteiger partial charge in [0.05, 0.1) is 16.6 Å². The van der Waals surface area contributed by atoms with Gasteiger partial charge in [-0.3, -0.25) is 14.5 Å². The van der Waals surface area contributed by atoms with Gasteiger partial charge in [-0.1, -0.05) is 6.92 Å². The van der Waals surface area contributed by atoms with Crippen LogP contribution < -0.4 is 5.56 Å². The standard InChI is InChI=1S/C16H22N4O2S/c1-4-5-19-6-8-20(9-7-19)16(22)13-11(2)12-14(23-13)17-10-18(3)15(12)21/h10H,4-9H2,1-3H3. The fourth-order valence-corrected chi connectivity index (χ4v) is 4.15. The van der Waals surface area contributed by atoms with Gasteiger partial charge in [0.25, 0.3) is 11.5 Å². The second kappa shape index (κ2) is 6.41. The van der Waals surface area contributed by atoms with Gasteiger partial charge in [0.15, 0.2) is 0 Å². The molecule has 3 heterocycles. The summed E-state index contributed by atoms with van der Waals surface area (Å²) in [5, 5.41) is 0.577. The van der Waals surface area contributed by atoms with Gasteiger partial charge < -0.3 is 9.47 Å². The van der Waals surface area contributed by atoms with Crippen LogP contribution in [0.15, 0.2) is 11.1 Å². The average molecular weight is 334 g/mol. The highest BCUT2D eigenvalue weighted by Crippen LogP contribution is 2.28. The Morgan fingerprint density at radius 3 is 2.65 bits per heavy atom. The Balaban J connectivity index is 1.86. The highest BCUT2D eigenvalue weighted by atomic mass is 32.1. The number of amides is 1. The number of rotatable bonds is 3. The SMILES string of the molecule is CCCN1CCN(C(=O)c2sc3ncn(C)c(=O)c3c2C)CC1. The van der Waals surface area contributed by atoms with E-state index in [-0.39, 0.29) is 11.5 Å². The Labute approximate surface area is 139 Å². The van der Waals surface area contributed by atoms with Crippen LogP contribution in [0.3, 0.4) is 0 Å². The summed E-state index contributed by atoms with van der Waals surface area (Å²) in [6, 6.07) is 0. The molecule has 7 heteroatoms. The molecular formula is C16H22N4O2S. The number of aryl methyl sites for hydroxylation is 2. The molecule has 1 fully saturated rings. The molecule has 1 aliphatic heterocycles. The Bertz CT molecular complexity index is 787. The number of piperazine rings is 1. The van der Waals surface area contributed by atoms with Gasteiger partial charge in [-0.15, -0.1) is 11.3 Å². The summed E-state index contributed by atoms with van der Waals surface area (Å²) in [5.41, 5.74) is 0.676. The highest BCUT2D eigenvalue weighted by Gasteiger charge is 2.26. The molecule has 0 radical (unpaired) electrons. The van der Waals surface area contributed by atoms with E-state index < -0.39 is 0 Å². The van der Waals surface area contributed by atoms with Gasteiger partial charge in [0.2, 0.25) is 0 Å². The van der Waals surface area contributed by atoms with Crippen LogP contribution in [0.25, 0.3) is 10.2 Å². The molecular weight excluding hydrogens is 312 g/mol. The first-order chi connectivity index (χ1) is 11.0. The van der Waals surface area contributed by atoms with E-state index in [2.05, 4.69) is 16.8 Å². The zero-order valence-electron chi connectivity index (χ0n) is 13.8. The first kappa shape index (κ1) is 16.1. The molecule has 0 atom stereocenters. The molecule has 1 amide bonds. The van der Waals surface area contributed by atoms with Crippen molar-refractivity contribution in [1.82, 2.24) is 19.4 Å². The Kier molecular flexibility index (Phi) is 4.50. The number of carbonyl (C=O) groups is 1. The molecule has 2 aromatic heterocycles. The molecule has 2 aromatic rings. The fourth-order valence-electron chi connectivity index (χ4n) is 3.05. The van der Waals surface area contributed by atoms with E-state index in [0.717, 1.165) is 44.7 Å². The smallest absolute Gasteiger partial charge is 0.264 e. The number of thiophene rings is 1. The quantitative estimate of drug-likeness (QED) is 0.853. The zero-order valence-corrected chi connectivity index (χ0v) is 14.7. The van der Waals surface area contributed by atoms with Gasteiger partial charge in [0.1, 0.15) is 4.83 Å². The number of carbonyl (C=O) groups excluding carboxylic acids is 1. The highest BCUT2D eigenvalue weighted by molar-refractivity contribution is 7.20. The van der Waals surface area contributed by atoms with E-state index in [1.807, 2.05) is 11.8 Å². The van der Waals surface area contributed by atoms with Crippen molar-refractivity contribution in [3.63, 3.8) is 0 Å². The summed E-state index contributed by atoms with van der Waals surface area (Å²) >= 11 is 1.33. The van der Waals surface area contributed by atoms with Crippen LogP contribution in [0, 0.1) is 6.92 Å². The zero-order chi connectivity index (χ0) is 16.6. The summed E-state index contributed by atoms with van der Waals surface area (Å²) in [5.74, 6) is 0.0312. The molecule has 124 valence electrons. The minimum atomic E-state index is -0.0874. The van der Waals surface area contributed by atoms with Gasteiger partial charge in [0, 0.05) is 33.2 Å². The van der Waals surface area contributed by atoms with Crippen molar-refractivity contribution in [2.24, 2.45) is 7.05 Å². The van der Waals surface area contributed by atoms with Gasteiger partial charge >= 0.3 is 0 Å². The lowest BCUT2D eigenvalue weighted by molar-refractivity contribution is 0.0642. The van der Waals surface area contributed by atoms with Crippen LogP contribution in [-0.2, 0) is 7.05 Å². The predicted molar refractivity (Wildman–Crippen MR) is 92.2 cm³/mol. The summed E-state index contributed by atoms with van der Waals surface area (Å²) in [6.07, 6.45) is 2.65. The molecule has 0 unspecified atom stereocenters. The van der Waals surface area contributed by atoms with Gasteiger partial charge in [-0.25, -0.2) is 4.98 Å². The Morgan fingerprint density at radius 1 is 1.30 bits per heavy atom. The Hall–Kier alpha value is -1.73. The normalized spacial score (nSPS) is 16.2. The Morgan fingerprint density at radius 2 is 2.00 bits per heavy atom. The number of hydrogen-bond donors (Lipinski definition) is 0. The van der Waals surface area contributed by atoms with E-state index in [9.17, 15) is 9.59 Å². The number of fused-ring (bicyclic) bond motifs is 1. The van der Waals surface area contributed by atoms with Crippen LogP contribution in [-0.4, -0.2) is 58.0 Å². The molecule has 0 aromatic carbocycles. The van der Waals surface area contributed by atoms with Gasteiger partial charge in [-0.05, 0) is 25.5 Å². The van der Waals surface area contributed by atoms with E-state index in [0.29, 0.717) is 15.1 Å². The van der Waals surface area contributed by atoms with Gasteiger partial charge in [-0.2, -0.15) is 0 Å². The number of aromatic nitrogens is 2. The first-order valence-electron chi connectivity index (χ1n) is 7.99. The maximum Gasteiger partial charge on any atom is 0.264 e. The second-order valence-electron chi connectivity index (χ2n) is 6.03. The van der Waals surface area contributed by atoms with Crippen molar-refractivity contribution >= 4 is 27.5 Å². The molecule has 3 rings (SSSR count). The first-order valence-corrected chi connectivity index (χ1v) is 8.81. The number of nitrogens with zero attached hydrogens (tertiary/aromatic N) is 4. The van der Waals surface area contributed by atoms with Crippen molar-refractivity contribution in [3.05, 3.63) is 27.1 Å². The molecule has 23 heavy (non-hydrogen) atoms.